The summed E-state index contributed by atoms with van der Waals surface area (Å²) in [5.74, 6) is -0.0745. The molecular formula is C18H25N3O3S2. The zero-order valence-electron chi connectivity index (χ0n) is 15.5. The summed E-state index contributed by atoms with van der Waals surface area (Å²) >= 11 is 2.99. The van der Waals surface area contributed by atoms with Crippen molar-refractivity contribution in [2.45, 2.75) is 56.5 Å². The Morgan fingerprint density at radius 3 is 2.92 bits per heavy atom. The van der Waals surface area contributed by atoms with E-state index in [9.17, 15) is 9.59 Å². The van der Waals surface area contributed by atoms with Crippen LogP contribution in [-0.4, -0.2) is 41.0 Å². The highest BCUT2D eigenvalue weighted by atomic mass is 32.2. The van der Waals surface area contributed by atoms with Crippen LogP contribution in [0.3, 0.4) is 0 Å². The lowest BCUT2D eigenvalue weighted by Crippen LogP contribution is -2.34. The normalized spacial score (nSPS) is 15.0. The molecule has 1 atom stereocenters. The highest BCUT2D eigenvalue weighted by molar-refractivity contribution is 8.00. The van der Waals surface area contributed by atoms with Crippen molar-refractivity contribution >= 4 is 39.2 Å². The van der Waals surface area contributed by atoms with E-state index >= 15 is 0 Å². The molecule has 26 heavy (non-hydrogen) atoms. The molecule has 0 aliphatic heterocycles. The summed E-state index contributed by atoms with van der Waals surface area (Å²) in [7, 11) is 1.60. The molecule has 0 saturated carbocycles. The minimum Gasteiger partial charge on any atom is -0.383 e. The lowest BCUT2D eigenvalue weighted by molar-refractivity contribution is -0.120. The fourth-order valence-corrected chi connectivity index (χ4v) is 5.52. The number of nitrogens with one attached hydrogen (secondary N) is 1. The standard InChI is InChI=1S/C18H25N3O3S2/c1-4-21-17(23)14-12-7-5-6-8-13(12)26-16(14)20-18(21)25-11(2)15(22)19-9-10-24-3/h11H,4-10H2,1-3H3,(H,19,22)/t11-/m0/s1. The third-order valence-electron chi connectivity index (χ3n) is 4.61. The monoisotopic (exact) mass is 395 g/mol. The van der Waals surface area contributed by atoms with Crippen LogP contribution in [0.4, 0.5) is 0 Å². The quantitative estimate of drug-likeness (QED) is 0.443. The number of thiophene rings is 1. The number of rotatable bonds is 7. The van der Waals surface area contributed by atoms with Gasteiger partial charge in [-0.3, -0.25) is 14.2 Å². The first-order valence-corrected chi connectivity index (χ1v) is 10.7. The maximum absolute atomic E-state index is 13.1. The molecule has 2 aromatic heterocycles. The van der Waals surface area contributed by atoms with Crippen LogP contribution in [0.5, 0.6) is 0 Å². The molecule has 0 unspecified atom stereocenters. The first-order valence-electron chi connectivity index (χ1n) is 9.05. The lowest BCUT2D eigenvalue weighted by atomic mass is 9.97. The van der Waals surface area contributed by atoms with E-state index in [0.717, 1.165) is 29.5 Å². The Balaban J connectivity index is 1.91. The Bertz CT molecular complexity index is 859. The van der Waals surface area contributed by atoms with Crippen LogP contribution in [0, 0.1) is 0 Å². The Labute approximate surface area is 161 Å². The Morgan fingerprint density at radius 2 is 2.19 bits per heavy atom. The van der Waals surface area contributed by atoms with E-state index in [-0.39, 0.29) is 16.7 Å². The number of hydrogen-bond acceptors (Lipinski definition) is 6. The van der Waals surface area contributed by atoms with Crippen LogP contribution >= 0.6 is 23.1 Å². The molecule has 6 nitrogen and oxygen atoms in total. The summed E-state index contributed by atoms with van der Waals surface area (Å²) in [5, 5.41) is 3.93. The minimum absolute atomic E-state index is 0.0337. The molecule has 2 heterocycles. The minimum atomic E-state index is -0.330. The maximum Gasteiger partial charge on any atom is 0.263 e. The zero-order valence-corrected chi connectivity index (χ0v) is 17.1. The second-order valence-electron chi connectivity index (χ2n) is 6.38. The number of methoxy groups -OCH3 is 1. The van der Waals surface area contributed by atoms with Gasteiger partial charge in [-0.2, -0.15) is 0 Å². The van der Waals surface area contributed by atoms with Gasteiger partial charge in [0, 0.05) is 25.1 Å². The van der Waals surface area contributed by atoms with Gasteiger partial charge < -0.3 is 10.1 Å². The largest absolute Gasteiger partial charge is 0.383 e. The van der Waals surface area contributed by atoms with Crippen molar-refractivity contribution in [2.75, 3.05) is 20.3 Å². The average Bonchev–Trinajstić information content (AvgIpc) is 3.00. The Hall–Kier alpha value is -1.38. The second kappa shape index (κ2) is 8.54. The number of aromatic nitrogens is 2. The summed E-state index contributed by atoms with van der Waals surface area (Å²) in [4.78, 5) is 32.2. The van der Waals surface area contributed by atoms with E-state index in [2.05, 4.69) is 5.32 Å². The molecule has 0 fully saturated rings. The van der Waals surface area contributed by atoms with Gasteiger partial charge in [-0.05, 0) is 45.1 Å². The van der Waals surface area contributed by atoms with Gasteiger partial charge in [0.05, 0.1) is 17.2 Å². The first kappa shape index (κ1) is 19.4. The molecule has 1 N–H and O–H groups in total. The molecule has 0 bridgehead atoms. The van der Waals surface area contributed by atoms with Crippen molar-refractivity contribution in [3.8, 4) is 0 Å². The Morgan fingerprint density at radius 1 is 1.42 bits per heavy atom. The van der Waals surface area contributed by atoms with Crippen LogP contribution in [-0.2, 0) is 28.9 Å². The maximum atomic E-state index is 13.1. The molecule has 1 aliphatic rings. The van der Waals surface area contributed by atoms with Gasteiger partial charge in [-0.25, -0.2) is 4.98 Å². The molecule has 1 aliphatic carbocycles. The summed E-state index contributed by atoms with van der Waals surface area (Å²) in [6.45, 7) is 5.29. The summed E-state index contributed by atoms with van der Waals surface area (Å²) in [6.07, 6.45) is 4.34. The van der Waals surface area contributed by atoms with Crippen LogP contribution < -0.4 is 10.9 Å². The van der Waals surface area contributed by atoms with Crippen molar-refractivity contribution in [1.82, 2.24) is 14.9 Å². The van der Waals surface area contributed by atoms with Crippen LogP contribution in [0.2, 0.25) is 0 Å². The highest BCUT2D eigenvalue weighted by Gasteiger charge is 2.23. The number of aryl methyl sites for hydroxylation is 2. The predicted octanol–water partition coefficient (Wildman–Crippen LogP) is 2.60. The second-order valence-corrected chi connectivity index (χ2v) is 8.77. The van der Waals surface area contributed by atoms with Gasteiger partial charge in [0.15, 0.2) is 5.16 Å². The molecule has 0 spiro atoms. The van der Waals surface area contributed by atoms with E-state index in [4.69, 9.17) is 9.72 Å². The number of nitrogens with zero attached hydrogens (tertiary/aromatic N) is 2. The number of hydrogen-bond donors (Lipinski definition) is 1. The highest BCUT2D eigenvalue weighted by Crippen LogP contribution is 2.35. The van der Waals surface area contributed by atoms with Gasteiger partial charge in [-0.15, -0.1) is 11.3 Å². The first-order chi connectivity index (χ1) is 12.6. The van der Waals surface area contributed by atoms with E-state index in [1.807, 2.05) is 13.8 Å². The van der Waals surface area contributed by atoms with E-state index in [1.54, 1.807) is 23.0 Å². The van der Waals surface area contributed by atoms with Gasteiger partial charge in [0.1, 0.15) is 4.83 Å². The number of thioether (sulfide) groups is 1. The number of amides is 1. The van der Waals surface area contributed by atoms with E-state index in [1.165, 1.54) is 28.6 Å². The van der Waals surface area contributed by atoms with E-state index in [0.29, 0.717) is 24.9 Å². The van der Waals surface area contributed by atoms with Crippen LogP contribution in [0.1, 0.15) is 37.1 Å². The smallest absolute Gasteiger partial charge is 0.263 e. The molecular weight excluding hydrogens is 370 g/mol. The van der Waals surface area contributed by atoms with Gasteiger partial charge >= 0.3 is 0 Å². The fourth-order valence-electron chi connectivity index (χ4n) is 3.22. The predicted molar refractivity (Wildman–Crippen MR) is 106 cm³/mol. The van der Waals surface area contributed by atoms with Crippen molar-refractivity contribution in [2.24, 2.45) is 0 Å². The van der Waals surface area contributed by atoms with Gasteiger partial charge in [-0.1, -0.05) is 11.8 Å². The molecule has 142 valence electrons. The number of carbonyl (C=O) groups excluding carboxylic acids is 1. The summed E-state index contributed by atoms with van der Waals surface area (Å²) < 4.78 is 6.65. The third-order valence-corrected chi connectivity index (χ3v) is 6.89. The summed E-state index contributed by atoms with van der Waals surface area (Å²) in [6, 6.07) is 0. The van der Waals surface area contributed by atoms with E-state index < -0.39 is 0 Å². The third kappa shape index (κ3) is 3.82. The topological polar surface area (TPSA) is 73.2 Å². The molecule has 0 aromatic carbocycles. The van der Waals surface area contributed by atoms with Crippen molar-refractivity contribution in [3.63, 3.8) is 0 Å². The molecule has 3 rings (SSSR count). The zero-order chi connectivity index (χ0) is 18.7. The number of ether oxygens (including phenoxy) is 1. The fraction of sp³-hybridized carbons (Fsp3) is 0.611. The molecule has 0 saturated heterocycles. The molecule has 0 radical (unpaired) electrons. The van der Waals surface area contributed by atoms with Crippen molar-refractivity contribution in [1.29, 1.82) is 0 Å². The van der Waals surface area contributed by atoms with Crippen molar-refractivity contribution < 1.29 is 9.53 Å². The number of carbonyl (C=O) groups is 1. The SMILES string of the molecule is CCn1c(S[C@@H](C)C(=O)NCCOC)nc2sc3c(c2c1=O)CCCC3. The Kier molecular flexibility index (Phi) is 6.37. The van der Waals surface area contributed by atoms with Crippen LogP contribution in [0.25, 0.3) is 10.2 Å². The van der Waals surface area contributed by atoms with Crippen LogP contribution in [0.15, 0.2) is 9.95 Å². The molecule has 1 amide bonds. The van der Waals surface area contributed by atoms with Crippen molar-refractivity contribution in [3.05, 3.63) is 20.8 Å². The van der Waals surface area contributed by atoms with Gasteiger partial charge in [0.2, 0.25) is 5.91 Å². The average molecular weight is 396 g/mol. The lowest BCUT2D eigenvalue weighted by Gasteiger charge is -2.15. The number of fused-ring (bicyclic) bond motifs is 3. The summed E-state index contributed by atoms with van der Waals surface area (Å²) in [5.41, 5.74) is 1.24. The van der Waals surface area contributed by atoms with Gasteiger partial charge in [0.25, 0.3) is 5.56 Å². The molecule has 2 aromatic rings. The molecule has 8 heteroatoms.